The molecule has 0 spiro atoms. The zero-order valence-electron chi connectivity index (χ0n) is 33.1. The normalized spacial score (nSPS) is 36.1. The van der Waals surface area contributed by atoms with Crippen LogP contribution < -0.4 is 10.6 Å². The molecule has 282 valence electrons. The molecule has 0 aromatic heterocycles. The molecule has 2 heteroatoms. The van der Waals surface area contributed by atoms with E-state index in [2.05, 4.69) is 85.2 Å². The molecule has 10 unspecified atom stereocenters. The van der Waals surface area contributed by atoms with E-state index in [1.807, 2.05) is 0 Å². The molecule has 8 rings (SSSR count). The van der Waals surface area contributed by atoms with Crippen LogP contribution in [-0.4, -0.2) is 19.1 Å². The van der Waals surface area contributed by atoms with Crippen LogP contribution in [0, 0.1) is 53.3 Å². The summed E-state index contributed by atoms with van der Waals surface area (Å²) < 4.78 is 0. The second-order valence-corrected chi connectivity index (χ2v) is 18.8. The molecule has 1 aliphatic heterocycles. The molecule has 0 aromatic rings. The van der Waals surface area contributed by atoms with Crippen LogP contribution in [0.25, 0.3) is 0 Å². The van der Waals surface area contributed by atoms with Crippen LogP contribution in [-0.2, 0) is 0 Å². The van der Waals surface area contributed by atoms with E-state index in [0.717, 1.165) is 59.7 Å². The molecule has 7 aliphatic carbocycles. The molecule has 0 bridgehead atoms. The molecule has 3 saturated carbocycles. The highest BCUT2D eigenvalue weighted by molar-refractivity contribution is 5.39. The van der Waals surface area contributed by atoms with E-state index in [1.165, 1.54) is 146 Å². The minimum absolute atomic E-state index is 0.503. The van der Waals surface area contributed by atoms with Crippen molar-refractivity contribution in [3.8, 4) is 0 Å². The van der Waals surface area contributed by atoms with Crippen molar-refractivity contribution in [3.63, 3.8) is 0 Å². The Kier molecular flexibility index (Phi) is 12.3. The number of allylic oxidation sites excluding steroid dienone is 14. The largest absolute Gasteiger partial charge is 0.388 e. The van der Waals surface area contributed by atoms with Crippen molar-refractivity contribution in [2.24, 2.45) is 53.3 Å². The van der Waals surface area contributed by atoms with E-state index in [1.54, 1.807) is 22.4 Å². The van der Waals surface area contributed by atoms with Crippen molar-refractivity contribution in [2.75, 3.05) is 13.1 Å². The predicted molar refractivity (Wildman–Crippen MR) is 222 cm³/mol. The SMILES string of the molecule is CC1=CC=C(C2CC(C(CCC(C)C3CCC(C4CCCC(C5=CCCC=C5)C4)C4C=CCCC43)CNC3=C4CCCCC4=CCC3)CN2)C=CC1. The maximum atomic E-state index is 4.18. The molecular weight excluding hydrogens is 629 g/mol. The first-order valence-corrected chi connectivity index (χ1v) is 22.6. The maximum Gasteiger partial charge on any atom is 0.0323 e. The van der Waals surface area contributed by atoms with Gasteiger partial charge in [-0.15, -0.1) is 0 Å². The summed E-state index contributed by atoms with van der Waals surface area (Å²) in [6.45, 7) is 7.29. The zero-order chi connectivity index (χ0) is 35.3. The molecule has 1 heterocycles. The smallest absolute Gasteiger partial charge is 0.0323 e. The van der Waals surface area contributed by atoms with Crippen LogP contribution in [0.2, 0.25) is 0 Å². The summed E-state index contributed by atoms with van der Waals surface area (Å²) in [7, 11) is 0. The summed E-state index contributed by atoms with van der Waals surface area (Å²) in [4.78, 5) is 0. The number of hydrogen-bond donors (Lipinski definition) is 2. The average molecular weight is 701 g/mol. The van der Waals surface area contributed by atoms with Crippen molar-refractivity contribution in [2.45, 2.75) is 148 Å². The van der Waals surface area contributed by atoms with Crippen LogP contribution in [0.1, 0.15) is 142 Å². The van der Waals surface area contributed by atoms with Gasteiger partial charge in [0.25, 0.3) is 0 Å². The van der Waals surface area contributed by atoms with Gasteiger partial charge >= 0.3 is 0 Å². The quantitative estimate of drug-likeness (QED) is 0.210. The van der Waals surface area contributed by atoms with E-state index >= 15 is 0 Å². The molecule has 0 amide bonds. The van der Waals surface area contributed by atoms with Crippen LogP contribution >= 0.6 is 0 Å². The first-order chi connectivity index (χ1) is 25.6. The molecule has 0 radical (unpaired) electrons. The molecule has 1 saturated heterocycles. The van der Waals surface area contributed by atoms with E-state index in [9.17, 15) is 0 Å². The number of hydrogen-bond acceptors (Lipinski definition) is 2. The number of fused-ring (bicyclic) bond motifs is 2. The van der Waals surface area contributed by atoms with Gasteiger partial charge in [-0.2, -0.15) is 0 Å². The first-order valence-electron chi connectivity index (χ1n) is 22.6. The number of nitrogens with one attached hydrogen (secondary N) is 2. The fourth-order valence-electron chi connectivity index (χ4n) is 12.8. The van der Waals surface area contributed by atoms with Crippen molar-refractivity contribution in [3.05, 3.63) is 94.3 Å². The molecule has 10 atom stereocenters. The molecule has 2 N–H and O–H groups in total. The minimum Gasteiger partial charge on any atom is -0.388 e. The van der Waals surface area contributed by atoms with Gasteiger partial charge < -0.3 is 10.6 Å². The van der Waals surface area contributed by atoms with E-state index < -0.39 is 0 Å². The Balaban J connectivity index is 0.934. The molecule has 52 heavy (non-hydrogen) atoms. The second kappa shape index (κ2) is 17.4. The van der Waals surface area contributed by atoms with Gasteiger partial charge in [0.15, 0.2) is 0 Å². The Morgan fingerprint density at radius 1 is 0.788 bits per heavy atom. The molecule has 0 aromatic carbocycles. The highest BCUT2D eigenvalue weighted by Gasteiger charge is 2.44. The summed E-state index contributed by atoms with van der Waals surface area (Å²) in [5.74, 6) is 7.66. The Hall–Kier alpha value is -2.32. The van der Waals surface area contributed by atoms with Crippen LogP contribution in [0.4, 0.5) is 0 Å². The average Bonchev–Trinajstić information content (AvgIpc) is 3.58. The lowest BCUT2D eigenvalue weighted by atomic mass is 9.55. The van der Waals surface area contributed by atoms with Gasteiger partial charge in [0, 0.05) is 18.3 Å². The second-order valence-electron chi connectivity index (χ2n) is 18.8. The highest BCUT2D eigenvalue weighted by Crippen LogP contribution is 2.53. The summed E-state index contributed by atoms with van der Waals surface area (Å²) >= 11 is 0. The van der Waals surface area contributed by atoms with Crippen molar-refractivity contribution in [1.82, 2.24) is 10.6 Å². The van der Waals surface area contributed by atoms with Gasteiger partial charge in [-0.3, -0.25) is 0 Å². The molecule has 8 aliphatic rings. The van der Waals surface area contributed by atoms with Crippen molar-refractivity contribution < 1.29 is 0 Å². The van der Waals surface area contributed by atoms with Gasteiger partial charge in [0.05, 0.1) is 0 Å². The zero-order valence-corrected chi connectivity index (χ0v) is 33.1. The predicted octanol–water partition coefficient (Wildman–Crippen LogP) is 12.7. The fraction of sp³-hybridized carbons (Fsp3) is 0.680. The maximum absolute atomic E-state index is 4.18. The van der Waals surface area contributed by atoms with E-state index in [4.69, 9.17) is 0 Å². The van der Waals surface area contributed by atoms with Gasteiger partial charge in [-0.1, -0.05) is 92.5 Å². The summed E-state index contributed by atoms with van der Waals surface area (Å²) in [6.07, 6.45) is 52.0. The lowest BCUT2D eigenvalue weighted by molar-refractivity contribution is 0.0258. The van der Waals surface area contributed by atoms with Gasteiger partial charge in [0.1, 0.15) is 0 Å². The molecule has 4 fully saturated rings. The monoisotopic (exact) mass is 701 g/mol. The summed E-state index contributed by atoms with van der Waals surface area (Å²) in [6, 6.07) is 0.503. The van der Waals surface area contributed by atoms with Crippen molar-refractivity contribution >= 4 is 0 Å². The van der Waals surface area contributed by atoms with Crippen molar-refractivity contribution in [1.29, 1.82) is 0 Å². The molecule has 2 nitrogen and oxygen atoms in total. The van der Waals surface area contributed by atoms with Crippen LogP contribution in [0.3, 0.4) is 0 Å². The molecular formula is C50H72N2. The third kappa shape index (κ3) is 8.48. The Morgan fingerprint density at radius 3 is 2.63 bits per heavy atom. The van der Waals surface area contributed by atoms with E-state index in [-0.39, 0.29) is 0 Å². The fourth-order valence-corrected chi connectivity index (χ4v) is 12.8. The van der Waals surface area contributed by atoms with Gasteiger partial charge in [0.2, 0.25) is 0 Å². The topological polar surface area (TPSA) is 24.1 Å². The van der Waals surface area contributed by atoms with Crippen LogP contribution in [0.15, 0.2) is 94.3 Å². The Morgan fingerprint density at radius 2 is 1.71 bits per heavy atom. The Bertz CT molecular complexity index is 1490. The van der Waals surface area contributed by atoms with Gasteiger partial charge in [-0.05, 0) is 198 Å². The highest BCUT2D eigenvalue weighted by atomic mass is 15.0. The standard InChI is InChI=1S/C50H72N2/c1-35-13-10-18-39(27-25-35)50-32-43(34-52-50)42(33-51-49-24-12-17-38-16-6-7-21-46(38)49)28-26-36(2)44-29-30-45(48-23-9-8-22-47(44)48)41-20-11-19-40(31-41)37-14-4-3-5-15-37/h4,9-10,14-15,17-18,23,25,27,36,40-45,47-48,50-52H,3,5-8,11-13,16,19-22,24,26,28-34H2,1-2H3. The lowest BCUT2D eigenvalue weighted by Crippen LogP contribution is -2.42. The number of rotatable bonds is 11. The third-order valence-electron chi connectivity index (χ3n) is 15.7. The van der Waals surface area contributed by atoms with E-state index in [0.29, 0.717) is 6.04 Å². The Labute approximate surface area is 318 Å². The summed E-state index contributed by atoms with van der Waals surface area (Å²) in [5, 5.41) is 8.20. The summed E-state index contributed by atoms with van der Waals surface area (Å²) in [5.41, 5.74) is 9.65. The van der Waals surface area contributed by atoms with Crippen LogP contribution in [0.5, 0.6) is 0 Å². The first kappa shape index (κ1) is 36.6. The lowest BCUT2D eigenvalue weighted by Gasteiger charge is -2.50. The third-order valence-corrected chi connectivity index (χ3v) is 15.7. The minimum atomic E-state index is 0.503. The van der Waals surface area contributed by atoms with Gasteiger partial charge in [-0.25, -0.2) is 0 Å².